The van der Waals surface area contributed by atoms with Crippen LogP contribution in [0.25, 0.3) is 11.3 Å². The molecule has 2 unspecified atom stereocenters. The van der Waals surface area contributed by atoms with Crippen LogP contribution in [0.5, 0.6) is 0 Å². The maximum atomic E-state index is 12.9. The molecular weight excluding hydrogens is 462 g/mol. The number of hydrogen-bond acceptors (Lipinski definition) is 5. The summed E-state index contributed by atoms with van der Waals surface area (Å²) in [4.78, 5) is 37.0. The standard InChI is InChI=1S/C27H31N3O6/c1-17(20-7-5-4-6-8-20)36-27(34)28-23-24(29(2)30(3)25(23)31)21-13-11-19(12-14-21)16-35-22(26(32)33)15-18-9-10-18/h4-8,11-14,17-18,22H,9-10,15-16H2,1-3H3,(H,28,34)(H,32,33). The number of nitrogens with one attached hydrogen (secondary N) is 1. The van der Waals surface area contributed by atoms with Crippen LogP contribution < -0.4 is 10.9 Å². The molecule has 0 saturated heterocycles. The monoisotopic (exact) mass is 493 g/mol. The lowest BCUT2D eigenvalue weighted by Crippen LogP contribution is -2.24. The molecule has 36 heavy (non-hydrogen) atoms. The lowest BCUT2D eigenvalue weighted by Gasteiger charge is -2.15. The molecule has 9 heteroatoms. The van der Waals surface area contributed by atoms with E-state index in [9.17, 15) is 19.5 Å². The highest BCUT2D eigenvalue weighted by Gasteiger charge is 2.30. The van der Waals surface area contributed by atoms with Crippen LogP contribution in [-0.4, -0.2) is 32.6 Å². The van der Waals surface area contributed by atoms with E-state index >= 15 is 0 Å². The van der Waals surface area contributed by atoms with Gasteiger partial charge in [0.15, 0.2) is 6.10 Å². The number of benzene rings is 2. The van der Waals surface area contributed by atoms with Gasteiger partial charge in [0.05, 0.1) is 12.3 Å². The minimum absolute atomic E-state index is 0.115. The molecular formula is C27H31N3O6. The molecule has 1 amide bonds. The van der Waals surface area contributed by atoms with Gasteiger partial charge in [-0.1, -0.05) is 67.4 Å². The Hall–Kier alpha value is -3.85. The van der Waals surface area contributed by atoms with Crippen molar-refractivity contribution in [3.8, 4) is 11.3 Å². The number of aliphatic carboxylic acids is 1. The number of nitrogens with zero attached hydrogens (tertiary/aromatic N) is 2. The third-order valence-electron chi connectivity index (χ3n) is 6.50. The third-order valence-corrected chi connectivity index (χ3v) is 6.50. The third kappa shape index (κ3) is 5.85. The summed E-state index contributed by atoms with van der Waals surface area (Å²) < 4.78 is 14.2. The van der Waals surface area contributed by atoms with Crippen LogP contribution in [0.15, 0.2) is 59.4 Å². The van der Waals surface area contributed by atoms with Crippen molar-refractivity contribution in [2.45, 2.75) is 45.0 Å². The number of anilines is 1. The van der Waals surface area contributed by atoms with Gasteiger partial charge in [0.25, 0.3) is 5.56 Å². The van der Waals surface area contributed by atoms with Crippen LogP contribution >= 0.6 is 0 Å². The van der Waals surface area contributed by atoms with Crippen molar-refractivity contribution >= 4 is 17.7 Å². The van der Waals surface area contributed by atoms with Crippen molar-refractivity contribution in [3.05, 3.63) is 76.1 Å². The minimum atomic E-state index is -0.943. The SMILES string of the molecule is CC(OC(=O)Nc1c(-c2ccc(COC(CC3CC3)C(=O)O)cc2)n(C)n(C)c1=O)c1ccccc1. The highest BCUT2D eigenvalue weighted by Crippen LogP contribution is 2.34. The molecule has 1 fully saturated rings. The van der Waals surface area contributed by atoms with E-state index in [1.54, 1.807) is 25.7 Å². The van der Waals surface area contributed by atoms with Crippen molar-refractivity contribution < 1.29 is 24.2 Å². The molecule has 190 valence electrons. The van der Waals surface area contributed by atoms with E-state index in [4.69, 9.17) is 9.47 Å². The van der Waals surface area contributed by atoms with Crippen LogP contribution in [0.2, 0.25) is 0 Å². The number of carbonyl (C=O) groups is 2. The van der Waals surface area contributed by atoms with Gasteiger partial charge in [-0.3, -0.25) is 19.5 Å². The molecule has 9 nitrogen and oxygen atoms in total. The Labute approximate surface area is 209 Å². The number of carbonyl (C=O) groups excluding carboxylic acids is 1. The highest BCUT2D eigenvalue weighted by atomic mass is 16.6. The van der Waals surface area contributed by atoms with Gasteiger partial charge in [-0.25, -0.2) is 9.59 Å². The molecule has 1 aliphatic carbocycles. The average Bonchev–Trinajstić information content (AvgIpc) is 3.67. The van der Waals surface area contributed by atoms with Gasteiger partial charge in [0.2, 0.25) is 0 Å². The van der Waals surface area contributed by atoms with E-state index in [0.29, 0.717) is 23.6 Å². The fourth-order valence-corrected chi connectivity index (χ4v) is 4.09. The van der Waals surface area contributed by atoms with Crippen LogP contribution in [-0.2, 0) is 35.0 Å². The van der Waals surface area contributed by atoms with E-state index in [2.05, 4.69) is 5.32 Å². The maximum Gasteiger partial charge on any atom is 0.412 e. The Balaban J connectivity index is 1.48. The number of ether oxygens (including phenoxy) is 2. The normalized spacial score (nSPS) is 14.8. The first-order valence-corrected chi connectivity index (χ1v) is 12.0. The van der Waals surface area contributed by atoms with Gasteiger partial charge < -0.3 is 14.6 Å². The second-order valence-electron chi connectivity index (χ2n) is 9.17. The van der Waals surface area contributed by atoms with Crippen molar-refractivity contribution in [2.75, 3.05) is 5.32 Å². The second kappa shape index (κ2) is 10.8. The number of carboxylic acids is 1. The molecule has 2 aromatic carbocycles. The van der Waals surface area contributed by atoms with Gasteiger partial charge in [0, 0.05) is 19.7 Å². The van der Waals surface area contributed by atoms with Crippen LogP contribution in [0.1, 0.15) is 43.4 Å². The first-order chi connectivity index (χ1) is 17.2. The predicted octanol–water partition coefficient (Wildman–Crippen LogP) is 4.47. The summed E-state index contributed by atoms with van der Waals surface area (Å²) >= 11 is 0. The molecule has 0 spiro atoms. The van der Waals surface area contributed by atoms with E-state index < -0.39 is 24.3 Å². The molecule has 2 N–H and O–H groups in total. The zero-order valence-corrected chi connectivity index (χ0v) is 20.6. The zero-order valence-electron chi connectivity index (χ0n) is 20.6. The number of carboxylic acid groups (broad SMARTS) is 1. The van der Waals surface area contributed by atoms with E-state index in [-0.39, 0.29) is 17.9 Å². The van der Waals surface area contributed by atoms with Crippen LogP contribution in [0.4, 0.5) is 10.5 Å². The quantitative estimate of drug-likeness (QED) is 0.431. The molecule has 2 atom stereocenters. The Kier molecular flexibility index (Phi) is 7.59. The zero-order chi connectivity index (χ0) is 25.8. The number of aromatic nitrogens is 2. The van der Waals surface area contributed by atoms with E-state index in [1.165, 1.54) is 4.68 Å². The topological polar surface area (TPSA) is 112 Å². The lowest BCUT2D eigenvalue weighted by molar-refractivity contribution is -0.152. The summed E-state index contributed by atoms with van der Waals surface area (Å²) in [5, 5.41) is 12.0. The summed E-state index contributed by atoms with van der Waals surface area (Å²) in [6.07, 6.45) is 0.632. The Morgan fingerprint density at radius 3 is 2.33 bits per heavy atom. The first kappa shape index (κ1) is 25.2. The summed E-state index contributed by atoms with van der Waals surface area (Å²) in [6, 6.07) is 16.6. The molecule has 1 saturated carbocycles. The fraction of sp³-hybridized carbons (Fsp3) is 0.370. The van der Waals surface area contributed by atoms with Crippen molar-refractivity contribution in [1.29, 1.82) is 0 Å². The first-order valence-electron chi connectivity index (χ1n) is 12.0. The number of amides is 1. The fourth-order valence-electron chi connectivity index (χ4n) is 4.09. The molecule has 0 radical (unpaired) electrons. The number of hydrogen-bond donors (Lipinski definition) is 2. The molecule has 3 aromatic rings. The van der Waals surface area contributed by atoms with Gasteiger partial charge in [-0.2, -0.15) is 0 Å². The Bertz CT molecular complexity index is 1280. The van der Waals surface area contributed by atoms with Crippen molar-refractivity contribution in [1.82, 2.24) is 9.36 Å². The average molecular weight is 494 g/mol. The van der Waals surface area contributed by atoms with Gasteiger partial charge >= 0.3 is 12.1 Å². The minimum Gasteiger partial charge on any atom is -0.479 e. The number of rotatable bonds is 10. The highest BCUT2D eigenvalue weighted by molar-refractivity contribution is 5.90. The van der Waals surface area contributed by atoms with Gasteiger partial charge in [-0.05, 0) is 30.4 Å². The Morgan fingerprint density at radius 2 is 1.72 bits per heavy atom. The summed E-state index contributed by atoms with van der Waals surface area (Å²) in [5.74, 6) is -0.497. The molecule has 4 rings (SSSR count). The Morgan fingerprint density at radius 1 is 1.06 bits per heavy atom. The molecule has 1 heterocycles. The predicted molar refractivity (Wildman–Crippen MR) is 135 cm³/mol. The molecule has 0 aliphatic heterocycles. The van der Waals surface area contributed by atoms with Gasteiger partial charge in [0.1, 0.15) is 11.8 Å². The summed E-state index contributed by atoms with van der Waals surface area (Å²) in [5.41, 5.74) is 2.63. The molecule has 0 bridgehead atoms. The van der Waals surface area contributed by atoms with Crippen molar-refractivity contribution in [2.24, 2.45) is 20.0 Å². The summed E-state index contributed by atoms with van der Waals surface area (Å²) in [6.45, 7) is 1.94. The van der Waals surface area contributed by atoms with E-state index in [1.807, 2.05) is 54.6 Å². The van der Waals surface area contributed by atoms with Crippen LogP contribution in [0, 0.1) is 5.92 Å². The van der Waals surface area contributed by atoms with Gasteiger partial charge in [-0.15, -0.1) is 0 Å². The molecule has 1 aliphatic rings. The van der Waals surface area contributed by atoms with Crippen LogP contribution in [0.3, 0.4) is 0 Å². The van der Waals surface area contributed by atoms with E-state index in [0.717, 1.165) is 24.0 Å². The summed E-state index contributed by atoms with van der Waals surface area (Å²) in [7, 11) is 3.34. The molecule has 1 aromatic heterocycles. The lowest BCUT2D eigenvalue weighted by atomic mass is 10.1. The van der Waals surface area contributed by atoms with Crippen molar-refractivity contribution in [3.63, 3.8) is 0 Å². The largest absolute Gasteiger partial charge is 0.479 e. The second-order valence-corrected chi connectivity index (χ2v) is 9.17. The maximum absolute atomic E-state index is 12.9. The smallest absolute Gasteiger partial charge is 0.412 e.